The van der Waals surface area contributed by atoms with Crippen LogP contribution in [-0.2, 0) is 11.3 Å². The summed E-state index contributed by atoms with van der Waals surface area (Å²) in [7, 11) is 0. The molecule has 1 heterocycles. The molecule has 0 atom stereocenters. The van der Waals surface area contributed by atoms with Crippen molar-refractivity contribution in [2.45, 2.75) is 26.3 Å². The van der Waals surface area contributed by atoms with Gasteiger partial charge in [0.2, 0.25) is 5.91 Å². The molecule has 0 bridgehead atoms. The number of nitrogens with two attached hydrogens (primary N) is 1. The number of unbranched alkanes of at least 4 members (excludes halogenated alkanes) is 1. The second kappa shape index (κ2) is 5.26. The molecule has 0 aliphatic heterocycles. The quantitative estimate of drug-likeness (QED) is 0.669. The van der Waals surface area contributed by atoms with Gasteiger partial charge in [-0.1, -0.05) is 13.3 Å². The minimum atomic E-state index is -0.0263. The van der Waals surface area contributed by atoms with Crippen LogP contribution in [0.15, 0.2) is 12.3 Å². The fraction of sp³-hybridized carbons (Fsp3) is 0.556. The van der Waals surface area contributed by atoms with Crippen molar-refractivity contribution in [2.75, 3.05) is 12.3 Å². The minimum Gasteiger partial charge on any atom is -0.382 e. The smallest absolute Gasteiger partial charge is 0.241 e. The molecule has 3 N–H and O–H groups in total. The molecule has 0 aliphatic carbocycles. The Labute approximate surface area is 83.3 Å². The van der Waals surface area contributed by atoms with Crippen molar-refractivity contribution in [2.24, 2.45) is 0 Å². The summed E-state index contributed by atoms with van der Waals surface area (Å²) in [5, 5.41) is 6.71. The van der Waals surface area contributed by atoms with E-state index in [1.807, 2.05) is 0 Å². The topological polar surface area (TPSA) is 72.9 Å². The van der Waals surface area contributed by atoms with Crippen LogP contribution in [0.1, 0.15) is 19.8 Å². The zero-order chi connectivity index (χ0) is 10.4. The first kappa shape index (κ1) is 10.6. The van der Waals surface area contributed by atoms with Crippen LogP contribution >= 0.6 is 0 Å². The third kappa shape index (κ3) is 3.47. The number of hydrogen-bond donors (Lipinski definition) is 2. The molecule has 1 amide bonds. The number of amides is 1. The first-order valence-corrected chi connectivity index (χ1v) is 4.78. The van der Waals surface area contributed by atoms with Crippen molar-refractivity contribution in [1.29, 1.82) is 0 Å². The largest absolute Gasteiger partial charge is 0.382 e. The highest BCUT2D eigenvalue weighted by atomic mass is 16.2. The Morgan fingerprint density at radius 1 is 1.71 bits per heavy atom. The molecule has 0 radical (unpaired) electrons. The molecule has 1 rings (SSSR count). The van der Waals surface area contributed by atoms with Crippen LogP contribution in [-0.4, -0.2) is 22.2 Å². The van der Waals surface area contributed by atoms with Gasteiger partial charge in [-0.25, -0.2) is 0 Å². The summed E-state index contributed by atoms with van der Waals surface area (Å²) >= 11 is 0. The lowest BCUT2D eigenvalue weighted by Gasteiger charge is -2.03. The predicted molar refractivity (Wildman–Crippen MR) is 54.6 cm³/mol. The highest BCUT2D eigenvalue weighted by Crippen LogP contribution is 1.94. The van der Waals surface area contributed by atoms with E-state index in [1.54, 1.807) is 12.3 Å². The molecule has 0 aromatic carbocycles. The van der Waals surface area contributed by atoms with Crippen molar-refractivity contribution in [3.8, 4) is 0 Å². The summed E-state index contributed by atoms with van der Waals surface area (Å²) < 4.78 is 1.52. The Hall–Kier alpha value is -1.52. The fourth-order valence-corrected chi connectivity index (χ4v) is 1.07. The Morgan fingerprint density at radius 2 is 2.50 bits per heavy atom. The van der Waals surface area contributed by atoms with Crippen LogP contribution in [0.3, 0.4) is 0 Å². The van der Waals surface area contributed by atoms with Gasteiger partial charge >= 0.3 is 0 Å². The van der Waals surface area contributed by atoms with Gasteiger partial charge in [-0.15, -0.1) is 0 Å². The van der Waals surface area contributed by atoms with Crippen molar-refractivity contribution >= 4 is 11.7 Å². The van der Waals surface area contributed by atoms with Gasteiger partial charge in [0.1, 0.15) is 12.4 Å². The Bertz CT molecular complexity index is 295. The van der Waals surface area contributed by atoms with Crippen LogP contribution in [0, 0.1) is 0 Å². The summed E-state index contributed by atoms with van der Waals surface area (Å²) in [4.78, 5) is 11.3. The molecule has 0 saturated carbocycles. The van der Waals surface area contributed by atoms with E-state index in [0.717, 1.165) is 19.4 Å². The van der Waals surface area contributed by atoms with E-state index in [0.29, 0.717) is 5.82 Å². The van der Waals surface area contributed by atoms with E-state index >= 15 is 0 Å². The van der Waals surface area contributed by atoms with Gasteiger partial charge in [-0.2, -0.15) is 5.10 Å². The molecule has 0 unspecified atom stereocenters. The summed E-state index contributed by atoms with van der Waals surface area (Å²) in [6, 6.07) is 1.67. The molecule has 14 heavy (non-hydrogen) atoms. The van der Waals surface area contributed by atoms with E-state index in [-0.39, 0.29) is 12.5 Å². The average Bonchev–Trinajstić information content (AvgIpc) is 2.52. The Kier molecular flexibility index (Phi) is 3.97. The van der Waals surface area contributed by atoms with E-state index in [9.17, 15) is 4.79 Å². The number of anilines is 1. The molecule has 5 nitrogen and oxygen atoms in total. The summed E-state index contributed by atoms with van der Waals surface area (Å²) in [5.41, 5.74) is 5.41. The molecule has 0 saturated heterocycles. The second-order valence-corrected chi connectivity index (χ2v) is 3.14. The standard InChI is InChI=1S/C9H16N4O/c1-2-3-5-11-9(14)7-13-6-4-8(10)12-13/h4,6H,2-3,5,7H2,1H3,(H2,10,12)(H,11,14). The SMILES string of the molecule is CCCCNC(=O)Cn1ccc(N)n1. The summed E-state index contributed by atoms with van der Waals surface area (Å²) in [6.45, 7) is 3.05. The van der Waals surface area contributed by atoms with Crippen LogP contribution in [0.4, 0.5) is 5.82 Å². The molecular weight excluding hydrogens is 180 g/mol. The monoisotopic (exact) mass is 196 g/mol. The van der Waals surface area contributed by atoms with E-state index in [2.05, 4.69) is 17.3 Å². The van der Waals surface area contributed by atoms with Crippen LogP contribution < -0.4 is 11.1 Å². The maximum atomic E-state index is 11.3. The highest BCUT2D eigenvalue weighted by molar-refractivity contribution is 5.75. The van der Waals surface area contributed by atoms with Crippen LogP contribution in [0.2, 0.25) is 0 Å². The number of hydrogen-bond acceptors (Lipinski definition) is 3. The van der Waals surface area contributed by atoms with Crippen LogP contribution in [0.25, 0.3) is 0 Å². The van der Waals surface area contributed by atoms with Crippen molar-refractivity contribution in [1.82, 2.24) is 15.1 Å². The number of carbonyl (C=O) groups is 1. The van der Waals surface area contributed by atoms with Crippen LogP contribution in [0.5, 0.6) is 0 Å². The average molecular weight is 196 g/mol. The third-order valence-corrected chi connectivity index (χ3v) is 1.82. The van der Waals surface area contributed by atoms with Crippen molar-refractivity contribution in [3.63, 3.8) is 0 Å². The molecule has 1 aromatic rings. The minimum absolute atomic E-state index is 0.0263. The number of nitrogens with zero attached hydrogens (tertiary/aromatic N) is 2. The van der Waals surface area contributed by atoms with Gasteiger partial charge < -0.3 is 11.1 Å². The Balaban J connectivity index is 2.27. The second-order valence-electron chi connectivity index (χ2n) is 3.14. The van der Waals surface area contributed by atoms with Gasteiger partial charge in [0.05, 0.1) is 0 Å². The zero-order valence-electron chi connectivity index (χ0n) is 8.36. The molecular formula is C9H16N4O. The third-order valence-electron chi connectivity index (χ3n) is 1.82. The summed E-state index contributed by atoms with van der Waals surface area (Å²) in [6.07, 6.45) is 3.77. The fourth-order valence-electron chi connectivity index (χ4n) is 1.07. The molecule has 5 heteroatoms. The first-order chi connectivity index (χ1) is 6.72. The van der Waals surface area contributed by atoms with E-state index in [4.69, 9.17) is 5.73 Å². The van der Waals surface area contributed by atoms with E-state index in [1.165, 1.54) is 4.68 Å². The molecule has 1 aromatic heterocycles. The lowest BCUT2D eigenvalue weighted by molar-refractivity contribution is -0.121. The van der Waals surface area contributed by atoms with Gasteiger partial charge in [-0.05, 0) is 12.5 Å². The van der Waals surface area contributed by atoms with Gasteiger partial charge in [-0.3, -0.25) is 9.48 Å². The number of aromatic nitrogens is 2. The lowest BCUT2D eigenvalue weighted by atomic mass is 10.3. The number of nitrogen functional groups attached to an aromatic ring is 1. The number of nitrogens with one attached hydrogen (secondary N) is 1. The number of carbonyl (C=O) groups excluding carboxylic acids is 1. The zero-order valence-corrected chi connectivity index (χ0v) is 8.36. The number of rotatable bonds is 5. The first-order valence-electron chi connectivity index (χ1n) is 4.78. The molecule has 78 valence electrons. The van der Waals surface area contributed by atoms with Crippen molar-refractivity contribution in [3.05, 3.63) is 12.3 Å². The highest BCUT2D eigenvalue weighted by Gasteiger charge is 2.02. The molecule has 0 fully saturated rings. The van der Waals surface area contributed by atoms with E-state index < -0.39 is 0 Å². The molecule has 0 spiro atoms. The van der Waals surface area contributed by atoms with Gasteiger partial charge in [0.15, 0.2) is 0 Å². The normalized spacial score (nSPS) is 10.1. The van der Waals surface area contributed by atoms with Gasteiger partial charge in [0.25, 0.3) is 0 Å². The van der Waals surface area contributed by atoms with Gasteiger partial charge in [0, 0.05) is 12.7 Å². The Morgan fingerprint density at radius 3 is 3.07 bits per heavy atom. The lowest BCUT2D eigenvalue weighted by Crippen LogP contribution is -2.28. The predicted octanol–water partition coefficient (Wildman–Crippen LogP) is 0.382. The van der Waals surface area contributed by atoms with Crippen molar-refractivity contribution < 1.29 is 4.79 Å². The maximum Gasteiger partial charge on any atom is 0.241 e. The molecule has 0 aliphatic rings. The summed E-state index contributed by atoms with van der Waals surface area (Å²) in [5.74, 6) is 0.410. The maximum absolute atomic E-state index is 11.3.